The fourth-order valence-corrected chi connectivity index (χ4v) is 5.62. The highest BCUT2D eigenvalue weighted by Gasteiger charge is 2.25. The summed E-state index contributed by atoms with van der Waals surface area (Å²) in [5, 5.41) is 6.79. The molecule has 1 aliphatic rings. The third-order valence-corrected chi connectivity index (χ3v) is 7.40. The molecule has 0 radical (unpaired) electrons. The molecule has 0 bridgehead atoms. The summed E-state index contributed by atoms with van der Waals surface area (Å²) in [5.41, 5.74) is 1.91. The van der Waals surface area contributed by atoms with E-state index in [1.165, 1.54) is 41.5 Å². The Morgan fingerprint density at radius 3 is 2.63 bits per heavy atom. The topological polar surface area (TPSA) is 67.4 Å². The van der Waals surface area contributed by atoms with E-state index in [0.717, 1.165) is 42.6 Å². The number of benzene rings is 1. The number of nitrogens with one attached hydrogen (secondary N) is 2. The Hall–Kier alpha value is -1.61. The van der Waals surface area contributed by atoms with Crippen LogP contribution in [-0.2, 0) is 17.6 Å². The minimum absolute atomic E-state index is 0.116. The number of ether oxygens (including phenoxy) is 1. The quantitative estimate of drug-likeness (QED) is 0.331. The van der Waals surface area contributed by atoms with Crippen molar-refractivity contribution in [3.63, 3.8) is 0 Å². The van der Waals surface area contributed by atoms with Crippen LogP contribution in [0, 0.1) is 0 Å². The summed E-state index contributed by atoms with van der Waals surface area (Å²) in [5.74, 6) is -0.789. The van der Waals surface area contributed by atoms with E-state index in [9.17, 15) is 9.59 Å². The zero-order valence-corrected chi connectivity index (χ0v) is 20.0. The molecule has 0 fully saturated rings. The molecule has 30 heavy (non-hydrogen) atoms. The van der Waals surface area contributed by atoms with Crippen molar-refractivity contribution in [2.24, 2.45) is 0 Å². The van der Waals surface area contributed by atoms with Crippen molar-refractivity contribution in [3.8, 4) is 0 Å². The van der Waals surface area contributed by atoms with Crippen LogP contribution in [0.4, 0.5) is 5.00 Å². The number of esters is 1. The third kappa shape index (κ3) is 5.35. The molecule has 0 saturated carbocycles. The smallest absolute Gasteiger partial charge is 0.341 e. The van der Waals surface area contributed by atoms with E-state index in [1.807, 2.05) is 12.3 Å². The maximum Gasteiger partial charge on any atom is 0.341 e. The number of carbonyl (C=O) groups is 2. The first-order valence-electron chi connectivity index (χ1n) is 9.63. The molecule has 0 spiro atoms. The molecule has 0 atom stereocenters. The molecule has 5 nitrogen and oxygen atoms in total. The third-order valence-electron chi connectivity index (χ3n) is 4.93. The second-order valence-electron chi connectivity index (χ2n) is 6.87. The summed E-state index contributed by atoms with van der Waals surface area (Å²) >= 11 is 14.6. The van der Waals surface area contributed by atoms with Crippen molar-refractivity contribution < 1.29 is 14.3 Å². The first-order chi connectivity index (χ1) is 14.4. The molecular weight excluding hydrogens is 460 g/mol. The van der Waals surface area contributed by atoms with Crippen molar-refractivity contribution in [3.05, 3.63) is 44.8 Å². The van der Waals surface area contributed by atoms with Crippen LogP contribution in [0.25, 0.3) is 0 Å². The average molecular weight is 483 g/mol. The zero-order chi connectivity index (χ0) is 21.7. The Morgan fingerprint density at radius 2 is 1.93 bits per heavy atom. The first-order valence-corrected chi connectivity index (χ1v) is 12.5. The predicted molar refractivity (Wildman–Crippen MR) is 128 cm³/mol. The highest BCUT2D eigenvalue weighted by molar-refractivity contribution is 7.98. The Morgan fingerprint density at radius 1 is 1.20 bits per heavy atom. The fraction of sp³-hybridized carbons (Fsp3) is 0.381. The molecule has 2 N–H and O–H groups in total. The van der Waals surface area contributed by atoms with Crippen LogP contribution in [0.15, 0.2) is 23.1 Å². The van der Waals surface area contributed by atoms with Crippen LogP contribution in [-0.4, -0.2) is 30.4 Å². The van der Waals surface area contributed by atoms with Crippen molar-refractivity contribution in [1.82, 2.24) is 5.32 Å². The van der Waals surface area contributed by atoms with Gasteiger partial charge in [0.2, 0.25) is 0 Å². The normalized spacial score (nSPS) is 13.6. The summed E-state index contributed by atoms with van der Waals surface area (Å²) in [6.07, 6.45) is 8.18. The number of rotatable bonds is 4. The van der Waals surface area contributed by atoms with E-state index in [0.29, 0.717) is 21.2 Å². The monoisotopic (exact) mass is 482 g/mol. The summed E-state index contributed by atoms with van der Waals surface area (Å²) in [7, 11) is 1.37. The molecule has 1 aliphatic carbocycles. The number of halogens is 1. The van der Waals surface area contributed by atoms with Crippen LogP contribution < -0.4 is 10.6 Å². The molecule has 1 heterocycles. The molecule has 3 rings (SSSR count). The number of fused-ring (bicyclic) bond motifs is 1. The highest BCUT2D eigenvalue weighted by atomic mass is 35.5. The van der Waals surface area contributed by atoms with Gasteiger partial charge in [-0.15, -0.1) is 23.1 Å². The second-order valence-corrected chi connectivity index (χ2v) is 9.67. The van der Waals surface area contributed by atoms with E-state index in [2.05, 4.69) is 10.6 Å². The van der Waals surface area contributed by atoms with Crippen LogP contribution >= 0.6 is 46.9 Å². The minimum Gasteiger partial charge on any atom is -0.465 e. The Kier molecular flexibility index (Phi) is 8.16. The second kappa shape index (κ2) is 10.6. The molecule has 1 aromatic carbocycles. The molecule has 0 saturated heterocycles. The maximum atomic E-state index is 12.7. The number of carbonyl (C=O) groups excluding carboxylic acids is 2. The number of hydrogen-bond donors (Lipinski definition) is 2. The first kappa shape index (κ1) is 23.1. The summed E-state index contributed by atoms with van der Waals surface area (Å²) in [6, 6.07) is 5.26. The summed E-state index contributed by atoms with van der Waals surface area (Å²) in [4.78, 5) is 27.3. The van der Waals surface area contributed by atoms with Crippen molar-refractivity contribution in [1.29, 1.82) is 0 Å². The number of hydrogen-bond acceptors (Lipinski definition) is 6. The Bertz CT molecular complexity index is 975. The van der Waals surface area contributed by atoms with Crippen LogP contribution in [0.5, 0.6) is 0 Å². The maximum absolute atomic E-state index is 12.7. The number of aryl methyl sites for hydroxylation is 1. The van der Waals surface area contributed by atoms with Crippen molar-refractivity contribution in [2.45, 2.75) is 43.4 Å². The van der Waals surface area contributed by atoms with Crippen LogP contribution in [0.1, 0.15) is 56.8 Å². The molecule has 0 aliphatic heterocycles. The van der Waals surface area contributed by atoms with Gasteiger partial charge < -0.3 is 10.1 Å². The van der Waals surface area contributed by atoms with E-state index >= 15 is 0 Å². The average Bonchev–Trinajstić information content (AvgIpc) is 3.03. The van der Waals surface area contributed by atoms with Gasteiger partial charge >= 0.3 is 5.97 Å². The number of thioether (sulfide) groups is 1. The number of anilines is 1. The van der Waals surface area contributed by atoms with Crippen molar-refractivity contribution in [2.75, 3.05) is 18.7 Å². The summed E-state index contributed by atoms with van der Waals surface area (Å²) < 4.78 is 5.02. The van der Waals surface area contributed by atoms with Gasteiger partial charge in [0.1, 0.15) is 5.00 Å². The molecule has 160 valence electrons. The van der Waals surface area contributed by atoms with Gasteiger partial charge in [0, 0.05) is 9.77 Å². The van der Waals surface area contributed by atoms with Gasteiger partial charge in [0.15, 0.2) is 5.11 Å². The summed E-state index contributed by atoms with van der Waals surface area (Å²) in [6.45, 7) is 0. The fourth-order valence-electron chi connectivity index (χ4n) is 3.44. The van der Waals surface area contributed by atoms with Gasteiger partial charge in [-0.1, -0.05) is 24.4 Å². The van der Waals surface area contributed by atoms with E-state index < -0.39 is 5.91 Å². The SMILES string of the molecule is COC(=O)c1c(NC(=S)NC(=O)c2cc(SC)ccc2Cl)sc2c1CCCCCC2. The molecule has 2 aromatic rings. The number of thiocarbonyl (C=S) groups is 1. The van der Waals surface area contributed by atoms with Gasteiger partial charge in [-0.05, 0) is 67.9 Å². The largest absolute Gasteiger partial charge is 0.465 e. The lowest BCUT2D eigenvalue weighted by molar-refractivity contribution is 0.0601. The molecular formula is C21H23ClN2O3S3. The lowest BCUT2D eigenvalue weighted by Gasteiger charge is -2.12. The standard InChI is InChI=1S/C21H23ClN2O3S3/c1-27-20(26)17-13-7-5-3-4-6-8-16(13)30-19(17)24-21(28)23-18(25)14-11-12(29-2)9-10-15(14)22/h9-11H,3-8H2,1-2H3,(H2,23,24,25,28). The number of methoxy groups -OCH3 is 1. The van der Waals surface area contributed by atoms with E-state index in [1.54, 1.807) is 12.1 Å². The van der Waals surface area contributed by atoms with Gasteiger partial charge in [0.05, 0.1) is 23.3 Å². The van der Waals surface area contributed by atoms with Crippen LogP contribution in [0.3, 0.4) is 0 Å². The molecule has 1 amide bonds. The molecule has 0 unspecified atom stereocenters. The minimum atomic E-state index is -0.400. The van der Waals surface area contributed by atoms with Gasteiger partial charge in [-0.2, -0.15) is 0 Å². The Balaban J connectivity index is 1.81. The van der Waals surface area contributed by atoms with Gasteiger partial charge in [-0.25, -0.2) is 4.79 Å². The lowest BCUT2D eigenvalue weighted by Crippen LogP contribution is -2.34. The van der Waals surface area contributed by atoms with Gasteiger partial charge in [-0.3, -0.25) is 10.1 Å². The molecule has 9 heteroatoms. The highest BCUT2D eigenvalue weighted by Crippen LogP contribution is 2.37. The lowest BCUT2D eigenvalue weighted by atomic mass is 9.96. The Labute approximate surface area is 194 Å². The van der Waals surface area contributed by atoms with Crippen LogP contribution in [0.2, 0.25) is 5.02 Å². The number of amides is 1. The molecule has 1 aromatic heterocycles. The number of thiophene rings is 1. The van der Waals surface area contributed by atoms with E-state index in [4.69, 9.17) is 28.6 Å². The predicted octanol–water partition coefficient (Wildman–Crippen LogP) is 5.70. The van der Waals surface area contributed by atoms with Crippen molar-refractivity contribution >= 4 is 68.9 Å². The zero-order valence-electron chi connectivity index (χ0n) is 16.8. The van der Waals surface area contributed by atoms with Gasteiger partial charge in [0.25, 0.3) is 5.91 Å². The van der Waals surface area contributed by atoms with E-state index in [-0.39, 0.29) is 11.1 Å².